The second kappa shape index (κ2) is 7.82. The van der Waals surface area contributed by atoms with E-state index in [0.717, 1.165) is 16.1 Å². The highest BCUT2D eigenvalue weighted by atomic mass is 32.1. The van der Waals surface area contributed by atoms with Gasteiger partial charge >= 0.3 is 11.7 Å². The molecule has 0 aliphatic rings. The van der Waals surface area contributed by atoms with Gasteiger partial charge < -0.3 is 9.15 Å². The van der Waals surface area contributed by atoms with Gasteiger partial charge in [-0.05, 0) is 25.5 Å². The normalized spacial score (nSPS) is 11.0. The molecule has 0 bridgehead atoms. The maximum absolute atomic E-state index is 12.2. The standard InChI is InChI=1S/C21H18N2O4S/c1-14-7-9-15(10-8-14)19-22-16(13-28-19)20(24)26-12-4-11-23-17-5-2-3-6-18(17)27-21(23)25/h2-3,5-10,13H,4,11-12H2,1H3. The van der Waals surface area contributed by atoms with Crippen LogP contribution in [0.1, 0.15) is 22.5 Å². The number of thiazole rings is 1. The molecule has 0 amide bonds. The molecule has 0 N–H and O–H groups in total. The van der Waals surface area contributed by atoms with Crippen LogP contribution in [-0.4, -0.2) is 22.1 Å². The Kier molecular flexibility index (Phi) is 5.08. The monoisotopic (exact) mass is 394 g/mol. The number of hydrogen-bond acceptors (Lipinski definition) is 6. The number of ether oxygens (including phenoxy) is 1. The number of rotatable bonds is 6. The molecule has 2 aromatic heterocycles. The molecule has 0 fully saturated rings. The van der Waals surface area contributed by atoms with Crippen molar-refractivity contribution in [2.24, 2.45) is 0 Å². The van der Waals surface area contributed by atoms with Gasteiger partial charge in [-0.1, -0.05) is 42.0 Å². The Bertz CT molecular complexity index is 1170. The minimum absolute atomic E-state index is 0.197. The molecule has 7 heteroatoms. The summed E-state index contributed by atoms with van der Waals surface area (Å²) in [5.41, 5.74) is 3.73. The number of aryl methyl sites for hydroxylation is 2. The maximum atomic E-state index is 12.2. The van der Waals surface area contributed by atoms with E-state index in [0.29, 0.717) is 24.2 Å². The van der Waals surface area contributed by atoms with Crippen LogP contribution in [0.25, 0.3) is 21.7 Å². The number of esters is 1. The summed E-state index contributed by atoms with van der Waals surface area (Å²) in [4.78, 5) is 28.5. The second-order valence-electron chi connectivity index (χ2n) is 6.38. The molecule has 4 rings (SSSR count). The van der Waals surface area contributed by atoms with Crippen molar-refractivity contribution in [3.63, 3.8) is 0 Å². The summed E-state index contributed by atoms with van der Waals surface area (Å²) in [5.74, 6) is -0.867. The Hall–Kier alpha value is -3.19. The van der Waals surface area contributed by atoms with Gasteiger partial charge in [0.2, 0.25) is 0 Å². The minimum atomic E-state index is -0.459. The average Bonchev–Trinajstić information content (AvgIpc) is 3.30. The van der Waals surface area contributed by atoms with E-state index in [-0.39, 0.29) is 6.61 Å². The van der Waals surface area contributed by atoms with Gasteiger partial charge in [0.15, 0.2) is 11.3 Å². The van der Waals surface area contributed by atoms with Gasteiger partial charge in [0, 0.05) is 17.5 Å². The first-order valence-corrected chi connectivity index (χ1v) is 9.78. The van der Waals surface area contributed by atoms with Crippen molar-refractivity contribution < 1.29 is 13.9 Å². The molecular formula is C21H18N2O4S. The third-order valence-corrected chi connectivity index (χ3v) is 5.24. The topological polar surface area (TPSA) is 74.3 Å². The predicted molar refractivity (Wildman–Crippen MR) is 108 cm³/mol. The fourth-order valence-electron chi connectivity index (χ4n) is 2.88. The van der Waals surface area contributed by atoms with Crippen molar-refractivity contribution in [1.82, 2.24) is 9.55 Å². The van der Waals surface area contributed by atoms with Crippen molar-refractivity contribution in [2.75, 3.05) is 6.61 Å². The fraction of sp³-hybridized carbons (Fsp3) is 0.190. The molecule has 2 heterocycles. The van der Waals surface area contributed by atoms with Gasteiger partial charge in [-0.3, -0.25) is 4.57 Å². The fourth-order valence-corrected chi connectivity index (χ4v) is 3.68. The lowest BCUT2D eigenvalue weighted by Crippen LogP contribution is -2.16. The summed E-state index contributed by atoms with van der Waals surface area (Å²) >= 11 is 1.41. The Morgan fingerprint density at radius 1 is 1.18 bits per heavy atom. The van der Waals surface area contributed by atoms with Gasteiger partial charge in [0.25, 0.3) is 0 Å². The molecule has 2 aromatic carbocycles. The van der Waals surface area contributed by atoms with Crippen LogP contribution in [0.4, 0.5) is 0 Å². The van der Waals surface area contributed by atoms with Crippen LogP contribution in [0.2, 0.25) is 0 Å². The van der Waals surface area contributed by atoms with E-state index in [1.807, 2.05) is 49.4 Å². The van der Waals surface area contributed by atoms with E-state index < -0.39 is 11.7 Å². The Morgan fingerprint density at radius 2 is 1.96 bits per heavy atom. The van der Waals surface area contributed by atoms with Crippen molar-refractivity contribution in [3.05, 3.63) is 75.7 Å². The number of aromatic nitrogens is 2. The Balaban J connectivity index is 1.34. The van der Waals surface area contributed by atoms with Crippen LogP contribution in [0.5, 0.6) is 0 Å². The van der Waals surface area contributed by atoms with E-state index >= 15 is 0 Å². The zero-order chi connectivity index (χ0) is 19.5. The van der Waals surface area contributed by atoms with Crippen molar-refractivity contribution >= 4 is 28.4 Å². The quantitative estimate of drug-likeness (QED) is 0.361. The number of carbonyl (C=O) groups excluding carboxylic acids is 1. The van der Waals surface area contributed by atoms with Crippen molar-refractivity contribution in [1.29, 1.82) is 0 Å². The number of oxazole rings is 1. The maximum Gasteiger partial charge on any atom is 0.419 e. The highest BCUT2D eigenvalue weighted by Crippen LogP contribution is 2.24. The summed E-state index contributed by atoms with van der Waals surface area (Å²) in [6.07, 6.45) is 0.504. The lowest BCUT2D eigenvalue weighted by molar-refractivity contribution is 0.0490. The molecule has 0 spiro atoms. The third kappa shape index (κ3) is 3.75. The smallest absolute Gasteiger partial charge is 0.419 e. The first kappa shape index (κ1) is 18.2. The number of hydrogen-bond donors (Lipinski definition) is 0. The number of carbonyl (C=O) groups is 1. The largest absolute Gasteiger partial charge is 0.461 e. The summed E-state index contributed by atoms with van der Waals surface area (Å²) in [6, 6.07) is 15.2. The van der Waals surface area contributed by atoms with Crippen molar-refractivity contribution in [3.8, 4) is 10.6 Å². The van der Waals surface area contributed by atoms with E-state index in [4.69, 9.17) is 9.15 Å². The number of nitrogens with zero attached hydrogens (tertiary/aromatic N) is 2. The molecule has 28 heavy (non-hydrogen) atoms. The Labute approximate surface area is 165 Å². The van der Waals surface area contributed by atoms with Gasteiger partial charge in [0.05, 0.1) is 12.1 Å². The molecule has 4 aromatic rings. The summed E-state index contributed by atoms with van der Waals surface area (Å²) < 4.78 is 12.0. The van der Waals surface area contributed by atoms with E-state index in [1.54, 1.807) is 16.0 Å². The van der Waals surface area contributed by atoms with Gasteiger partial charge in [-0.25, -0.2) is 14.6 Å². The molecule has 0 radical (unpaired) electrons. The molecule has 0 unspecified atom stereocenters. The molecule has 0 saturated carbocycles. The van der Waals surface area contributed by atoms with E-state index in [1.165, 1.54) is 16.9 Å². The highest BCUT2D eigenvalue weighted by Gasteiger charge is 2.14. The molecule has 0 aliphatic heterocycles. The minimum Gasteiger partial charge on any atom is -0.461 e. The molecule has 142 valence electrons. The van der Waals surface area contributed by atoms with Gasteiger partial charge in [-0.2, -0.15) is 0 Å². The predicted octanol–water partition coefficient (Wildman–Crippen LogP) is 4.27. The number of para-hydroxylation sites is 2. The highest BCUT2D eigenvalue weighted by molar-refractivity contribution is 7.13. The van der Waals surface area contributed by atoms with Crippen LogP contribution in [0, 0.1) is 6.92 Å². The SMILES string of the molecule is Cc1ccc(-c2nc(C(=O)OCCCn3c(=O)oc4ccccc43)cs2)cc1. The van der Waals surface area contributed by atoms with Crippen LogP contribution < -0.4 is 5.76 Å². The van der Waals surface area contributed by atoms with Gasteiger partial charge in [0.1, 0.15) is 5.01 Å². The van der Waals surface area contributed by atoms with Crippen LogP contribution in [-0.2, 0) is 11.3 Å². The van der Waals surface area contributed by atoms with Crippen molar-refractivity contribution in [2.45, 2.75) is 19.9 Å². The Morgan fingerprint density at radius 3 is 2.79 bits per heavy atom. The molecule has 0 aliphatic carbocycles. The van der Waals surface area contributed by atoms with Crippen LogP contribution in [0.15, 0.2) is 63.1 Å². The van der Waals surface area contributed by atoms with Crippen LogP contribution in [0.3, 0.4) is 0 Å². The summed E-state index contributed by atoms with van der Waals surface area (Å²) in [5, 5.41) is 2.48. The summed E-state index contributed by atoms with van der Waals surface area (Å²) in [7, 11) is 0. The van der Waals surface area contributed by atoms with E-state index in [9.17, 15) is 9.59 Å². The first-order valence-electron chi connectivity index (χ1n) is 8.90. The number of fused-ring (bicyclic) bond motifs is 1. The molecule has 6 nitrogen and oxygen atoms in total. The van der Waals surface area contributed by atoms with Crippen LogP contribution >= 0.6 is 11.3 Å². The lowest BCUT2D eigenvalue weighted by atomic mass is 10.2. The zero-order valence-corrected chi connectivity index (χ0v) is 16.1. The lowest BCUT2D eigenvalue weighted by Gasteiger charge is -2.04. The number of benzene rings is 2. The first-order chi connectivity index (χ1) is 13.6. The summed E-state index contributed by atoms with van der Waals surface area (Å²) in [6.45, 7) is 2.63. The third-order valence-electron chi connectivity index (χ3n) is 4.34. The van der Waals surface area contributed by atoms with E-state index in [2.05, 4.69) is 4.98 Å². The zero-order valence-electron chi connectivity index (χ0n) is 15.3. The second-order valence-corrected chi connectivity index (χ2v) is 7.24. The molecular weight excluding hydrogens is 376 g/mol. The average molecular weight is 394 g/mol. The van der Waals surface area contributed by atoms with Gasteiger partial charge in [-0.15, -0.1) is 11.3 Å². The molecule has 0 atom stereocenters. The molecule has 0 saturated heterocycles.